The van der Waals surface area contributed by atoms with E-state index in [1.165, 1.54) is 24.3 Å². The van der Waals surface area contributed by atoms with Crippen LogP contribution >= 0.6 is 0 Å². The van der Waals surface area contributed by atoms with Gasteiger partial charge in [-0.1, -0.05) is 42.3 Å². The molecule has 3 aromatic heterocycles. The number of aromatic nitrogens is 6. The largest absolute Gasteiger partial charge is 0.481 e. The lowest BCUT2D eigenvalue weighted by atomic mass is 9.75. The van der Waals surface area contributed by atoms with Gasteiger partial charge in [0.05, 0.1) is 17.8 Å². The number of carboxylic acid groups (broad SMARTS) is 1. The van der Waals surface area contributed by atoms with Gasteiger partial charge in [-0.25, -0.2) is 18.4 Å². The number of nitrogens with one attached hydrogen (secondary N) is 2. The molecule has 3 N–H and O–H groups in total. The van der Waals surface area contributed by atoms with Crippen LogP contribution in [0.2, 0.25) is 0 Å². The number of imidazole rings is 1. The van der Waals surface area contributed by atoms with E-state index in [-0.39, 0.29) is 30.0 Å². The molecule has 0 saturated carbocycles. The van der Waals surface area contributed by atoms with Crippen molar-refractivity contribution in [2.45, 2.75) is 63.8 Å². The zero-order valence-corrected chi connectivity index (χ0v) is 25.9. The fourth-order valence-corrected chi connectivity index (χ4v) is 6.51. The summed E-state index contributed by atoms with van der Waals surface area (Å²) >= 11 is 0. The van der Waals surface area contributed by atoms with Crippen molar-refractivity contribution < 1.29 is 23.4 Å². The summed E-state index contributed by atoms with van der Waals surface area (Å²) in [6.45, 7) is 2.36. The van der Waals surface area contributed by atoms with Crippen molar-refractivity contribution in [3.05, 3.63) is 113 Å². The Kier molecular flexibility index (Phi) is 8.05. The van der Waals surface area contributed by atoms with Crippen molar-refractivity contribution in [3.63, 3.8) is 0 Å². The van der Waals surface area contributed by atoms with Crippen LogP contribution in [0.1, 0.15) is 67.1 Å². The van der Waals surface area contributed by atoms with E-state index in [4.69, 9.17) is 4.74 Å². The number of fused-ring (bicyclic) bond motifs is 10. The Bertz CT molecular complexity index is 2080. The Morgan fingerprint density at radius 1 is 1.09 bits per heavy atom. The summed E-state index contributed by atoms with van der Waals surface area (Å²) in [4.78, 5) is 22.3. The van der Waals surface area contributed by atoms with Gasteiger partial charge < -0.3 is 19.8 Å². The minimum Gasteiger partial charge on any atom is -0.481 e. The number of H-pyrrole nitrogens is 2. The molecule has 4 heterocycles. The average molecular weight is 637 g/mol. The van der Waals surface area contributed by atoms with Crippen LogP contribution in [-0.4, -0.2) is 41.0 Å². The maximum Gasteiger partial charge on any atom is 0.303 e. The molecule has 0 fully saturated rings. The number of benzene rings is 3. The first-order valence-corrected chi connectivity index (χ1v) is 15.8. The number of halogens is 2. The highest BCUT2D eigenvalue weighted by molar-refractivity contribution is 5.85. The van der Waals surface area contributed by atoms with Crippen LogP contribution in [0.4, 0.5) is 8.78 Å². The lowest BCUT2D eigenvalue weighted by Gasteiger charge is -2.30. The number of nitrogens with zero attached hydrogens (tertiary/aromatic N) is 4. The number of hydrogen-bond donors (Lipinski definition) is 3. The molecule has 0 amide bonds. The number of carbonyl (C=O) groups is 1. The van der Waals surface area contributed by atoms with Gasteiger partial charge in [0.25, 0.3) is 0 Å². The zero-order valence-electron chi connectivity index (χ0n) is 25.9. The highest BCUT2D eigenvalue weighted by atomic mass is 19.1. The highest BCUT2D eigenvalue weighted by Gasteiger charge is 2.31. The Morgan fingerprint density at radius 3 is 2.85 bits per heavy atom. The number of aryl methyl sites for hydroxylation is 2. The van der Waals surface area contributed by atoms with Crippen molar-refractivity contribution in [1.82, 2.24) is 29.9 Å². The van der Waals surface area contributed by atoms with Gasteiger partial charge in [-0.2, -0.15) is 0 Å². The Balaban J connectivity index is 1.31. The van der Waals surface area contributed by atoms with Gasteiger partial charge in [0, 0.05) is 58.7 Å². The molecule has 0 aliphatic carbocycles. The van der Waals surface area contributed by atoms with E-state index in [9.17, 15) is 9.90 Å². The molecule has 47 heavy (non-hydrogen) atoms. The first-order chi connectivity index (χ1) is 22.8. The van der Waals surface area contributed by atoms with Crippen LogP contribution in [0.25, 0.3) is 22.3 Å². The van der Waals surface area contributed by atoms with E-state index in [0.29, 0.717) is 23.3 Å². The van der Waals surface area contributed by atoms with Crippen molar-refractivity contribution in [2.24, 2.45) is 0 Å². The number of ether oxygens (including phenoxy) is 1. The second-order valence-electron chi connectivity index (χ2n) is 12.4. The van der Waals surface area contributed by atoms with Gasteiger partial charge in [0.2, 0.25) is 0 Å². The summed E-state index contributed by atoms with van der Waals surface area (Å²) in [7, 11) is 0. The third-order valence-corrected chi connectivity index (χ3v) is 9.16. The smallest absolute Gasteiger partial charge is 0.303 e. The standard InChI is InChI=1S/C36H34F2N6O3/c1-36(23-7-5-6-22(16-23)9-12-33(45)46)14-4-2-3-8-24-20-44(43-42-24)21-28-26-13-15-39-31(26)18-30(38)34(28)47-25-10-11-29(37)27(17-25)35-40-19-32(36)41-35/h5-7,10-11,13,15-20,39H,2-4,8-9,12,14,21H2,1H3,(H,40,41)(H,45,46). The van der Waals surface area contributed by atoms with Gasteiger partial charge in [0.1, 0.15) is 17.4 Å². The fourth-order valence-electron chi connectivity index (χ4n) is 6.51. The SMILES string of the molecule is CC1(c2cccc(CCC(=O)O)c2)CCCCCc2cn(nn2)Cc2c(c(F)cc3[nH]ccc23)Oc2ccc(F)c(c2)-c2ncc1[nH]2. The lowest BCUT2D eigenvalue weighted by Crippen LogP contribution is -2.24. The molecule has 6 bridgehead atoms. The van der Waals surface area contributed by atoms with Crippen LogP contribution in [-0.2, 0) is 29.6 Å². The number of aliphatic carboxylic acids is 1. The number of aromatic amines is 2. The predicted molar refractivity (Wildman–Crippen MR) is 172 cm³/mol. The second kappa shape index (κ2) is 12.5. The van der Waals surface area contributed by atoms with Crippen molar-refractivity contribution in [3.8, 4) is 22.9 Å². The Hall–Kier alpha value is -5.32. The fraction of sp³-hybridized carbons (Fsp3) is 0.278. The Morgan fingerprint density at radius 2 is 1.98 bits per heavy atom. The monoisotopic (exact) mass is 636 g/mol. The normalized spacial score (nSPS) is 16.9. The molecule has 7 rings (SSSR count). The molecule has 1 aliphatic heterocycles. The van der Waals surface area contributed by atoms with Gasteiger partial charge in [0.15, 0.2) is 11.6 Å². The van der Waals surface area contributed by atoms with Crippen LogP contribution in [0.15, 0.2) is 73.2 Å². The molecule has 240 valence electrons. The maximum absolute atomic E-state index is 15.6. The summed E-state index contributed by atoms with van der Waals surface area (Å²) in [6.07, 6.45) is 10.1. The summed E-state index contributed by atoms with van der Waals surface area (Å²) in [5, 5.41) is 18.7. The van der Waals surface area contributed by atoms with Gasteiger partial charge in [-0.15, -0.1) is 5.10 Å². The van der Waals surface area contributed by atoms with Crippen LogP contribution in [0.3, 0.4) is 0 Å². The van der Waals surface area contributed by atoms with Gasteiger partial charge >= 0.3 is 5.97 Å². The average Bonchev–Trinajstić information content (AvgIpc) is 3.84. The summed E-state index contributed by atoms with van der Waals surface area (Å²) in [5.41, 5.74) is 4.49. The molecule has 1 atom stereocenters. The van der Waals surface area contributed by atoms with Crippen LogP contribution in [0, 0.1) is 11.6 Å². The molecular formula is C36H34F2N6O3. The molecule has 9 nitrogen and oxygen atoms in total. The van der Waals surface area contributed by atoms with Crippen LogP contribution in [0.5, 0.6) is 11.5 Å². The van der Waals surface area contributed by atoms with Crippen molar-refractivity contribution in [2.75, 3.05) is 0 Å². The number of hydrogen-bond acceptors (Lipinski definition) is 5. The minimum atomic E-state index is -0.844. The minimum absolute atomic E-state index is 0.0279. The predicted octanol–water partition coefficient (Wildman–Crippen LogP) is 7.71. The zero-order chi connectivity index (χ0) is 32.5. The van der Waals surface area contributed by atoms with Gasteiger partial charge in [-0.05, 0) is 68.0 Å². The van der Waals surface area contributed by atoms with E-state index in [2.05, 4.69) is 38.3 Å². The molecule has 11 heteroatoms. The van der Waals surface area contributed by atoms with E-state index < -0.39 is 23.0 Å². The van der Waals surface area contributed by atoms with Gasteiger partial charge in [-0.3, -0.25) is 4.79 Å². The molecular weight excluding hydrogens is 602 g/mol. The Labute approximate surface area is 269 Å². The first-order valence-electron chi connectivity index (χ1n) is 15.8. The lowest BCUT2D eigenvalue weighted by molar-refractivity contribution is -0.136. The summed E-state index contributed by atoms with van der Waals surface area (Å²) in [6, 6.07) is 15.5. The molecule has 1 aliphatic rings. The molecule has 0 spiro atoms. The molecule has 1 unspecified atom stereocenters. The maximum atomic E-state index is 15.6. The highest BCUT2D eigenvalue weighted by Crippen LogP contribution is 2.40. The van der Waals surface area contributed by atoms with E-state index in [1.807, 2.05) is 30.5 Å². The van der Waals surface area contributed by atoms with Crippen molar-refractivity contribution in [1.29, 1.82) is 0 Å². The van der Waals surface area contributed by atoms with Crippen molar-refractivity contribution >= 4 is 16.9 Å². The third kappa shape index (κ3) is 6.13. The van der Waals surface area contributed by atoms with E-state index >= 15 is 8.78 Å². The first kappa shape index (κ1) is 30.3. The summed E-state index contributed by atoms with van der Waals surface area (Å²) in [5.74, 6) is -1.30. The molecule has 6 aromatic rings. The third-order valence-electron chi connectivity index (χ3n) is 9.16. The number of rotatable bonds is 4. The second-order valence-corrected chi connectivity index (χ2v) is 12.4. The van der Waals surface area contributed by atoms with Crippen LogP contribution < -0.4 is 4.74 Å². The molecule has 0 radical (unpaired) electrons. The van der Waals surface area contributed by atoms with E-state index in [1.54, 1.807) is 17.1 Å². The molecule has 0 saturated heterocycles. The quantitative estimate of drug-likeness (QED) is 0.182. The topological polar surface area (TPSA) is 122 Å². The van der Waals surface area contributed by atoms with E-state index in [0.717, 1.165) is 60.0 Å². The summed E-state index contributed by atoms with van der Waals surface area (Å²) < 4.78 is 38.9. The molecule has 3 aromatic carbocycles. The number of carboxylic acids is 1.